The van der Waals surface area contributed by atoms with Gasteiger partial charge in [-0.2, -0.15) is 0 Å². The van der Waals surface area contributed by atoms with Gasteiger partial charge in [-0.3, -0.25) is 9.79 Å². The van der Waals surface area contributed by atoms with Gasteiger partial charge in [-0.1, -0.05) is 18.9 Å². The Morgan fingerprint density at radius 2 is 2.05 bits per heavy atom. The molecule has 1 amide bonds. The minimum absolute atomic E-state index is 0. The standard InChI is InChI=1S/C15H24N4OS.HI/c16-15(19-10-3-1-2-4-11-19)18-9-6-8-17-14(20)13-7-5-12-21-13;/h5,7,12H,1-4,6,8-11H2,(H2,16,18)(H,17,20);1H. The van der Waals surface area contributed by atoms with Crippen LogP contribution in [0.25, 0.3) is 0 Å². The van der Waals surface area contributed by atoms with Crippen molar-refractivity contribution in [3.05, 3.63) is 22.4 Å². The molecule has 1 aliphatic heterocycles. The van der Waals surface area contributed by atoms with Crippen molar-refractivity contribution in [1.29, 1.82) is 0 Å². The van der Waals surface area contributed by atoms with E-state index in [4.69, 9.17) is 5.73 Å². The average molecular weight is 436 g/mol. The number of carbonyl (C=O) groups excluding carboxylic acids is 1. The zero-order valence-electron chi connectivity index (χ0n) is 12.8. The van der Waals surface area contributed by atoms with Crippen LogP contribution < -0.4 is 11.1 Å². The van der Waals surface area contributed by atoms with Crippen LogP contribution in [0.15, 0.2) is 22.5 Å². The smallest absolute Gasteiger partial charge is 0.261 e. The summed E-state index contributed by atoms with van der Waals surface area (Å²) in [7, 11) is 0. The second-order valence-corrected chi connectivity index (χ2v) is 6.18. The van der Waals surface area contributed by atoms with Gasteiger partial charge in [0.25, 0.3) is 5.91 Å². The Hall–Kier alpha value is -0.830. The molecule has 1 aromatic heterocycles. The van der Waals surface area contributed by atoms with Gasteiger partial charge in [0.05, 0.1) is 4.88 Å². The Bertz CT molecular complexity index is 456. The molecule has 1 aromatic rings. The zero-order valence-corrected chi connectivity index (χ0v) is 15.9. The summed E-state index contributed by atoms with van der Waals surface area (Å²) in [4.78, 5) is 19.1. The molecule has 3 N–H and O–H groups in total. The summed E-state index contributed by atoms with van der Waals surface area (Å²) >= 11 is 1.45. The Morgan fingerprint density at radius 1 is 1.32 bits per heavy atom. The van der Waals surface area contributed by atoms with Crippen LogP contribution in [0.2, 0.25) is 0 Å². The maximum absolute atomic E-state index is 11.7. The molecule has 1 aliphatic rings. The number of likely N-dealkylation sites (tertiary alicyclic amines) is 1. The number of guanidine groups is 1. The number of halogens is 1. The highest BCUT2D eigenvalue weighted by atomic mass is 127. The Morgan fingerprint density at radius 3 is 2.68 bits per heavy atom. The van der Waals surface area contributed by atoms with Crippen LogP contribution in [0.1, 0.15) is 41.8 Å². The van der Waals surface area contributed by atoms with Gasteiger partial charge >= 0.3 is 0 Å². The molecule has 0 atom stereocenters. The van der Waals surface area contributed by atoms with Crippen LogP contribution in [-0.2, 0) is 0 Å². The fourth-order valence-corrected chi connectivity index (χ4v) is 3.01. The molecule has 0 bridgehead atoms. The molecule has 22 heavy (non-hydrogen) atoms. The van der Waals surface area contributed by atoms with Crippen molar-refractivity contribution < 1.29 is 4.79 Å². The van der Waals surface area contributed by atoms with Gasteiger partial charge in [-0.25, -0.2) is 0 Å². The molecular weight excluding hydrogens is 411 g/mol. The van der Waals surface area contributed by atoms with Crippen molar-refractivity contribution >= 4 is 47.2 Å². The van der Waals surface area contributed by atoms with E-state index in [0.717, 1.165) is 24.4 Å². The van der Waals surface area contributed by atoms with Crippen LogP contribution in [-0.4, -0.2) is 42.9 Å². The fourth-order valence-electron chi connectivity index (χ4n) is 2.37. The van der Waals surface area contributed by atoms with Crippen molar-refractivity contribution in [1.82, 2.24) is 10.2 Å². The minimum atomic E-state index is -0.00512. The SMILES string of the molecule is I.NC(=NCCCNC(=O)c1cccs1)N1CCCCCC1. The Balaban J connectivity index is 0.00000242. The summed E-state index contributed by atoms with van der Waals surface area (Å²) in [6, 6.07) is 3.71. The van der Waals surface area contributed by atoms with Gasteiger partial charge in [0.15, 0.2) is 5.96 Å². The third kappa shape index (κ3) is 6.51. The number of hydrogen-bond donors (Lipinski definition) is 2. The number of nitrogens with zero attached hydrogens (tertiary/aromatic N) is 2. The predicted octanol–water partition coefficient (Wildman–Crippen LogP) is 2.68. The number of carbonyl (C=O) groups is 1. The molecule has 0 spiro atoms. The third-order valence-electron chi connectivity index (χ3n) is 3.57. The molecule has 1 fully saturated rings. The number of nitrogens with one attached hydrogen (secondary N) is 1. The summed E-state index contributed by atoms with van der Waals surface area (Å²) in [5, 5.41) is 4.80. The van der Waals surface area contributed by atoms with Crippen molar-refractivity contribution in [2.24, 2.45) is 10.7 Å². The second kappa shape index (κ2) is 10.8. The summed E-state index contributed by atoms with van der Waals surface area (Å²) in [5.74, 6) is 0.649. The van der Waals surface area contributed by atoms with Crippen molar-refractivity contribution in [3.63, 3.8) is 0 Å². The molecule has 0 aliphatic carbocycles. The minimum Gasteiger partial charge on any atom is -0.370 e. The van der Waals surface area contributed by atoms with Crippen molar-refractivity contribution in [3.8, 4) is 0 Å². The lowest BCUT2D eigenvalue weighted by atomic mass is 10.2. The Kier molecular flexibility index (Phi) is 9.45. The normalized spacial score (nSPS) is 15.8. The maximum Gasteiger partial charge on any atom is 0.261 e. The van der Waals surface area contributed by atoms with Gasteiger partial charge in [0.2, 0.25) is 0 Å². The first-order valence-electron chi connectivity index (χ1n) is 7.64. The summed E-state index contributed by atoms with van der Waals surface area (Å²) in [5.41, 5.74) is 6.03. The second-order valence-electron chi connectivity index (χ2n) is 5.23. The monoisotopic (exact) mass is 436 g/mol. The quantitative estimate of drug-likeness (QED) is 0.323. The van der Waals surface area contributed by atoms with E-state index in [2.05, 4.69) is 15.2 Å². The predicted molar refractivity (Wildman–Crippen MR) is 103 cm³/mol. The van der Waals surface area contributed by atoms with Crippen LogP contribution in [0.4, 0.5) is 0 Å². The van der Waals surface area contributed by atoms with E-state index >= 15 is 0 Å². The lowest BCUT2D eigenvalue weighted by Gasteiger charge is -2.21. The number of nitrogens with two attached hydrogens (primary N) is 1. The molecule has 2 heterocycles. The molecule has 0 unspecified atom stereocenters. The van der Waals surface area contributed by atoms with Crippen LogP contribution in [0, 0.1) is 0 Å². The zero-order chi connectivity index (χ0) is 14.9. The average Bonchev–Trinajstić information content (AvgIpc) is 2.89. The molecule has 7 heteroatoms. The Labute approximate surface area is 153 Å². The highest BCUT2D eigenvalue weighted by molar-refractivity contribution is 14.0. The molecule has 5 nitrogen and oxygen atoms in total. The van der Waals surface area contributed by atoms with Gasteiger partial charge in [0.1, 0.15) is 0 Å². The molecule has 124 valence electrons. The van der Waals surface area contributed by atoms with Gasteiger partial charge in [-0.05, 0) is 30.7 Å². The third-order valence-corrected chi connectivity index (χ3v) is 4.44. The van der Waals surface area contributed by atoms with Gasteiger partial charge < -0.3 is 16.0 Å². The fraction of sp³-hybridized carbons (Fsp3) is 0.600. The number of rotatable bonds is 5. The topological polar surface area (TPSA) is 70.7 Å². The number of aliphatic imine (C=N–C) groups is 1. The largest absolute Gasteiger partial charge is 0.370 e. The van der Waals surface area contributed by atoms with Crippen molar-refractivity contribution in [2.75, 3.05) is 26.2 Å². The highest BCUT2D eigenvalue weighted by Gasteiger charge is 2.10. The van der Waals surface area contributed by atoms with Gasteiger partial charge in [0, 0.05) is 26.2 Å². The molecule has 0 aromatic carbocycles. The highest BCUT2D eigenvalue weighted by Crippen LogP contribution is 2.09. The van der Waals surface area contributed by atoms with E-state index < -0.39 is 0 Å². The van der Waals surface area contributed by atoms with E-state index in [1.54, 1.807) is 0 Å². The van der Waals surface area contributed by atoms with E-state index in [-0.39, 0.29) is 29.9 Å². The number of hydrogen-bond acceptors (Lipinski definition) is 3. The molecule has 0 radical (unpaired) electrons. The van der Waals surface area contributed by atoms with E-state index in [0.29, 0.717) is 19.0 Å². The lowest BCUT2D eigenvalue weighted by Crippen LogP contribution is -2.38. The van der Waals surface area contributed by atoms with Crippen LogP contribution in [0.5, 0.6) is 0 Å². The summed E-state index contributed by atoms with van der Waals surface area (Å²) < 4.78 is 0. The van der Waals surface area contributed by atoms with Crippen LogP contribution >= 0.6 is 35.3 Å². The van der Waals surface area contributed by atoms with E-state index in [1.165, 1.54) is 37.0 Å². The maximum atomic E-state index is 11.7. The van der Waals surface area contributed by atoms with E-state index in [1.807, 2.05) is 17.5 Å². The van der Waals surface area contributed by atoms with Crippen molar-refractivity contribution in [2.45, 2.75) is 32.1 Å². The van der Waals surface area contributed by atoms with Crippen LogP contribution in [0.3, 0.4) is 0 Å². The molecular formula is C15H25IN4OS. The molecule has 1 saturated heterocycles. The number of thiophene rings is 1. The first kappa shape index (κ1) is 19.2. The molecule has 0 saturated carbocycles. The summed E-state index contributed by atoms with van der Waals surface area (Å²) in [6.07, 6.45) is 5.79. The first-order chi connectivity index (χ1) is 10.3. The lowest BCUT2D eigenvalue weighted by molar-refractivity contribution is 0.0957. The molecule has 2 rings (SSSR count). The first-order valence-corrected chi connectivity index (χ1v) is 8.52. The summed E-state index contributed by atoms with van der Waals surface area (Å²) in [6.45, 7) is 3.33. The number of amides is 1. The van der Waals surface area contributed by atoms with E-state index in [9.17, 15) is 4.79 Å². The van der Waals surface area contributed by atoms with Gasteiger partial charge in [-0.15, -0.1) is 35.3 Å².